The summed E-state index contributed by atoms with van der Waals surface area (Å²) >= 11 is 0. The van der Waals surface area contributed by atoms with Crippen LogP contribution < -0.4 is 15.6 Å². The summed E-state index contributed by atoms with van der Waals surface area (Å²) in [5.41, 5.74) is 3.56. The van der Waals surface area contributed by atoms with Crippen LogP contribution >= 0.6 is 0 Å². The number of benzene rings is 3. The first-order chi connectivity index (χ1) is 16.5. The first kappa shape index (κ1) is 21.9. The minimum Gasteiger partial charge on any atom is -0.455 e. The lowest BCUT2D eigenvalue weighted by atomic mass is 10.0. The number of hydrogen-bond acceptors (Lipinski definition) is 5. The SMILES string of the molecule is Cc1c(-c2ccccc2)oc2c(C(=O)Nc3ccccc3N3CCN(C)CC3)cccc2c1=O. The number of nitrogens with one attached hydrogen (secondary N) is 1. The van der Waals surface area contributed by atoms with E-state index in [1.165, 1.54) is 0 Å². The van der Waals surface area contributed by atoms with E-state index in [1.807, 2.05) is 54.6 Å². The second-order valence-electron chi connectivity index (χ2n) is 8.70. The number of fused-ring (bicyclic) bond motifs is 1. The fourth-order valence-corrected chi connectivity index (χ4v) is 4.45. The highest BCUT2D eigenvalue weighted by Crippen LogP contribution is 2.30. The van der Waals surface area contributed by atoms with Crippen molar-refractivity contribution in [2.45, 2.75) is 6.92 Å². The molecule has 0 saturated carbocycles. The van der Waals surface area contributed by atoms with Crippen molar-refractivity contribution >= 4 is 28.3 Å². The Labute approximate surface area is 198 Å². The molecule has 0 aliphatic carbocycles. The average Bonchev–Trinajstić information content (AvgIpc) is 2.87. The molecule has 172 valence electrons. The van der Waals surface area contributed by atoms with Gasteiger partial charge >= 0.3 is 0 Å². The molecule has 3 aromatic carbocycles. The van der Waals surface area contributed by atoms with Crippen LogP contribution in [0.4, 0.5) is 11.4 Å². The van der Waals surface area contributed by atoms with E-state index in [9.17, 15) is 9.59 Å². The van der Waals surface area contributed by atoms with Gasteiger partial charge in [0.2, 0.25) is 0 Å². The Bertz CT molecular complexity index is 1400. The van der Waals surface area contributed by atoms with E-state index in [4.69, 9.17) is 4.42 Å². The number of hydrogen-bond donors (Lipinski definition) is 1. The third-order valence-corrected chi connectivity index (χ3v) is 6.42. The summed E-state index contributed by atoms with van der Waals surface area (Å²) in [5.74, 6) is 0.175. The fourth-order valence-electron chi connectivity index (χ4n) is 4.45. The van der Waals surface area contributed by atoms with Crippen LogP contribution in [-0.4, -0.2) is 44.0 Å². The number of anilines is 2. The zero-order valence-electron chi connectivity index (χ0n) is 19.4. The number of para-hydroxylation sites is 3. The second-order valence-corrected chi connectivity index (χ2v) is 8.70. The maximum Gasteiger partial charge on any atom is 0.259 e. The zero-order chi connectivity index (χ0) is 23.7. The average molecular weight is 454 g/mol. The molecule has 4 aromatic rings. The van der Waals surface area contributed by atoms with Gasteiger partial charge in [-0.15, -0.1) is 0 Å². The van der Waals surface area contributed by atoms with E-state index in [1.54, 1.807) is 25.1 Å². The van der Waals surface area contributed by atoms with Gasteiger partial charge in [-0.2, -0.15) is 0 Å². The van der Waals surface area contributed by atoms with Gasteiger partial charge in [0.1, 0.15) is 5.76 Å². The summed E-state index contributed by atoms with van der Waals surface area (Å²) in [5, 5.41) is 3.46. The number of amides is 1. The summed E-state index contributed by atoms with van der Waals surface area (Å²) in [4.78, 5) is 31.2. The normalized spacial score (nSPS) is 14.4. The summed E-state index contributed by atoms with van der Waals surface area (Å²) < 4.78 is 6.23. The lowest BCUT2D eigenvalue weighted by molar-refractivity contribution is 0.102. The molecule has 34 heavy (non-hydrogen) atoms. The molecule has 5 rings (SSSR count). The minimum atomic E-state index is -0.307. The fraction of sp³-hybridized carbons (Fsp3) is 0.214. The highest BCUT2D eigenvalue weighted by atomic mass is 16.3. The van der Waals surface area contributed by atoms with Crippen LogP contribution in [0.2, 0.25) is 0 Å². The molecule has 1 fully saturated rings. The van der Waals surface area contributed by atoms with E-state index in [0.717, 1.165) is 43.1 Å². The predicted octanol–water partition coefficient (Wildman–Crippen LogP) is 4.77. The molecule has 1 amide bonds. The molecule has 1 saturated heterocycles. The molecule has 1 N–H and O–H groups in total. The lowest BCUT2D eigenvalue weighted by Gasteiger charge is -2.35. The van der Waals surface area contributed by atoms with Gasteiger partial charge in [0.15, 0.2) is 11.0 Å². The van der Waals surface area contributed by atoms with Gasteiger partial charge in [0.25, 0.3) is 5.91 Å². The van der Waals surface area contributed by atoms with E-state index >= 15 is 0 Å². The third kappa shape index (κ3) is 4.08. The van der Waals surface area contributed by atoms with Crippen molar-refractivity contribution in [1.29, 1.82) is 0 Å². The van der Waals surface area contributed by atoms with Gasteiger partial charge in [-0.25, -0.2) is 0 Å². The molecule has 1 aliphatic heterocycles. The molecule has 2 heterocycles. The molecule has 6 heteroatoms. The molecule has 0 radical (unpaired) electrons. The Kier molecular flexibility index (Phi) is 5.90. The molecule has 1 aromatic heterocycles. The Balaban J connectivity index is 1.54. The van der Waals surface area contributed by atoms with E-state index in [2.05, 4.69) is 22.2 Å². The lowest BCUT2D eigenvalue weighted by Crippen LogP contribution is -2.44. The van der Waals surface area contributed by atoms with Crippen molar-refractivity contribution in [3.63, 3.8) is 0 Å². The van der Waals surface area contributed by atoms with E-state index < -0.39 is 0 Å². The maximum atomic E-state index is 13.5. The number of carbonyl (C=O) groups excluding carboxylic acids is 1. The van der Waals surface area contributed by atoms with Crippen LogP contribution in [0.25, 0.3) is 22.3 Å². The Morgan fingerprint density at radius 3 is 2.35 bits per heavy atom. The third-order valence-electron chi connectivity index (χ3n) is 6.42. The molecule has 0 atom stereocenters. The number of piperazine rings is 1. The molecule has 0 bridgehead atoms. The van der Waals surface area contributed by atoms with Crippen molar-refractivity contribution in [3.8, 4) is 11.3 Å². The topological polar surface area (TPSA) is 65.8 Å². The van der Waals surface area contributed by atoms with Gasteiger partial charge in [-0.1, -0.05) is 48.5 Å². The van der Waals surface area contributed by atoms with Gasteiger partial charge in [0, 0.05) is 37.3 Å². The number of nitrogens with zero attached hydrogens (tertiary/aromatic N) is 2. The smallest absolute Gasteiger partial charge is 0.259 e. The van der Waals surface area contributed by atoms with Gasteiger partial charge in [-0.05, 0) is 38.2 Å². The van der Waals surface area contributed by atoms with E-state index in [-0.39, 0.29) is 11.3 Å². The highest BCUT2D eigenvalue weighted by Gasteiger charge is 2.21. The summed E-state index contributed by atoms with van der Waals surface area (Å²) in [6, 6.07) is 22.5. The summed E-state index contributed by atoms with van der Waals surface area (Å²) in [6.45, 7) is 5.49. The Morgan fingerprint density at radius 1 is 0.882 bits per heavy atom. The molecule has 0 spiro atoms. The van der Waals surface area contributed by atoms with Crippen LogP contribution in [0, 0.1) is 6.92 Å². The number of rotatable bonds is 4. The van der Waals surface area contributed by atoms with E-state index in [0.29, 0.717) is 27.9 Å². The first-order valence-electron chi connectivity index (χ1n) is 11.5. The predicted molar refractivity (Wildman–Crippen MR) is 137 cm³/mol. The van der Waals surface area contributed by atoms with Gasteiger partial charge < -0.3 is 19.5 Å². The summed E-state index contributed by atoms with van der Waals surface area (Å²) in [6.07, 6.45) is 0. The van der Waals surface area contributed by atoms with Crippen molar-refractivity contribution < 1.29 is 9.21 Å². The van der Waals surface area contributed by atoms with Crippen molar-refractivity contribution in [2.24, 2.45) is 0 Å². The van der Waals surface area contributed by atoms with Crippen molar-refractivity contribution in [3.05, 3.63) is 94.1 Å². The van der Waals surface area contributed by atoms with Crippen LogP contribution in [0.3, 0.4) is 0 Å². The Morgan fingerprint density at radius 2 is 1.59 bits per heavy atom. The quantitative estimate of drug-likeness (QED) is 0.482. The molecular formula is C28H27N3O3. The summed E-state index contributed by atoms with van der Waals surface area (Å²) in [7, 11) is 2.12. The van der Waals surface area contributed by atoms with Gasteiger partial charge in [0.05, 0.1) is 22.3 Å². The number of carbonyl (C=O) groups is 1. The zero-order valence-corrected chi connectivity index (χ0v) is 19.4. The number of likely N-dealkylation sites (N-methyl/N-ethyl adjacent to an activating group) is 1. The Hall–Kier alpha value is -3.90. The monoisotopic (exact) mass is 453 g/mol. The van der Waals surface area contributed by atoms with Crippen LogP contribution in [0.5, 0.6) is 0 Å². The van der Waals surface area contributed by atoms with Crippen molar-refractivity contribution in [1.82, 2.24) is 4.90 Å². The molecular weight excluding hydrogens is 426 g/mol. The molecule has 0 unspecified atom stereocenters. The molecule has 1 aliphatic rings. The first-order valence-corrected chi connectivity index (χ1v) is 11.5. The molecule has 6 nitrogen and oxygen atoms in total. The standard InChI is InChI=1S/C28H27N3O3/c1-19-25(32)21-11-8-12-22(27(21)34-26(19)20-9-4-3-5-10-20)28(33)29-23-13-6-7-14-24(23)31-17-15-30(2)16-18-31/h3-14H,15-18H2,1-2H3,(H,29,33). The minimum absolute atomic E-state index is 0.132. The maximum absolute atomic E-state index is 13.5. The largest absolute Gasteiger partial charge is 0.455 e. The van der Waals surface area contributed by atoms with Crippen LogP contribution in [-0.2, 0) is 0 Å². The van der Waals surface area contributed by atoms with Crippen LogP contribution in [0.1, 0.15) is 15.9 Å². The second kappa shape index (κ2) is 9.15. The van der Waals surface area contributed by atoms with Crippen LogP contribution in [0.15, 0.2) is 82.0 Å². The van der Waals surface area contributed by atoms with Gasteiger partial charge in [-0.3, -0.25) is 9.59 Å². The highest BCUT2D eigenvalue weighted by molar-refractivity contribution is 6.12. The van der Waals surface area contributed by atoms with Crippen molar-refractivity contribution in [2.75, 3.05) is 43.4 Å².